The van der Waals surface area contributed by atoms with Gasteiger partial charge in [0.25, 0.3) is 0 Å². The van der Waals surface area contributed by atoms with Crippen molar-refractivity contribution >= 4 is 21.6 Å². The molecule has 0 radical (unpaired) electrons. The minimum Gasteiger partial charge on any atom is -0.479 e. The number of nitrogens with one attached hydrogen (secondary N) is 1. The van der Waals surface area contributed by atoms with Crippen LogP contribution in [-0.2, 0) is 0 Å². The smallest absolute Gasteiger partial charge is 0.238 e. The molecule has 1 N–H and O–H groups in total. The van der Waals surface area contributed by atoms with Crippen LogP contribution >= 0.6 is 15.9 Å². The van der Waals surface area contributed by atoms with E-state index >= 15 is 0 Å². The number of ether oxygens (including phenoxy) is 1. The van der Waals surface area contributed by atoms with Crippen LogP contribution in [0.15, 0.2) is 16.7 Å². The molecule has 0 aromatic carbocycles. The third kappa shape index (κ3) is 2.47. The first kappa shape index (κ1) is 11.7. The summed E-state index contributed by atoms with van der Waals surface area (Å²) in [5.74, 6) is 0.684. The first-order valence-corrected chi connectivity index (χ1v) is 6.19. The molecule has 2 rings (SSSR count). The fourth-order valence-electron chi connectivity index (χ4n) is 1.95. The second kappa shape index (κ2) is 5.01. The molecule has 5 heteroatoms. The summed E-state index contributed by atoms with van der Waals surface area (Å²) in [6.07, 6.45) is 0. The van der Waals surface area contributed by atoms with Gasteiger partial charge in [-0.25, -0.2) is 4.98 Å². The topological polar surface area (TPSA) is 37.4 Å². The first-order valence-electron chi connectivity index (χ1n) is 5.39. The maximum Gasteiger partial charge on any atom is 0.238 e. The molecule has 0 spiro atoms. The van der Waals surface area contributed by atoms with E-state index in [4.69, 9.17) is 4.74 Å². The third-order valence-electron chi connectivity index (χ3n) is 2.71. The van der Waals surface area contributed by atoms with Crippen molar-refractivity contribution < 1.29 is 4.74 Å². The summed E-state index contributed by atoms with van der Waals surface area (Å²) in [5, 5.41) is 3.42. The number of halogens is 1. The molecule has 0 bridgehead atoms. The van der Waals surface area contributed by atoms with Crippen LogP contribution in [0.2, 0.25) is 0 Å². The van der Waals surface area contributed by atoms with Crippen molar-refractivity contribution in [1.82, 2.24) is 10.3 Å². The quantitative estimate of drug-likeness (QED) is 0.839. The summed E-state index contributed by atoms with van der Waals surface area (Å²) in [7, 11) is 1.66. The molecular weight excluding hydrogens is 270 g/mol. The number of hydrogen-bond acceptors (Lipinski definition) is 4. The molecule has 0 amide bonds. The van der Waals surface area contributed by atoms with Crippen LogP contribution in [0.1, 0.15) is 6.92 Å². The zero-order chi connectivity index (χ0) is 11.5. The van der Waals surface area contributed by atoms with Gasteiger partial charge in [0.1, 0.15) is 10.3 Å². The molecule has 1 aliphatic rings. The van der Waals surface area contributed by atoms with E-state index in [1.807, 2.05) is 12.1 Å². The van der Waals surface area contributed by atoms with Crippen LogP contribution in [0.3, 0.4) is 0 Å². The Morgan fingerprint density at radius 1 is 1.56 bits per heavy atom. The number of nitrogens with zero attached hydrogens (tertiary/aromatic N) is 2. The summed E-state index contributed by atoms with van der Waals surface area (Å²) in [5.41, 5.74) is 1.07. The van der Waals surface area contributed by atoms with E-state index in [2.05, 4.69) is 38.1 Å². The van der Waals surface area contributed by atoms with E-state index in [-0.39, 0.29) is 0 Å². The third-order valence-corrected chi connectivity index (χ3v) is 3.15. The predicted octanol–water partition coefficient (Wildman–Crippen LogP) is 1.65. The molecule has 1 fully saturated rings. The van der Waals surface area contributed by atoms with Gasteiger partial charge in [0.05, 0.1) is 7.11 Å². The lowest BCUT2D eigenvalue weighted by Gasteiger charge is -2.33. The highest BCUT2D eigenvalue weighted by molar-refractivity contribution is 9.10. The van der Waals surface area contributed by atoms with E-state index < -0.39 is 0 Å². The molecule has 88 valence electrons. The van der Waals surface area contributed by atoms with E-state index in [1.165, 1.54) is 0 Å². The second-order valence-corrected chi connectivity index (χ2v) is 4.78. The number of anilines is 1. The Balaban J connectivity index is 2.24. The van der Waals surface area contributed by atoms with Gasteiger partial charge in [-0.05, 0) is 35.0 Å². The highest BCUT2D eigenvalue weighted by atomic mass is 79.9. The van der Waals surface area contributed by atoms with Gasteiger partial charge < -0.3 is 15.0 Å². The van der Waals surface area contributed by atoms with Gasteiger partial charge in [-0.2, -0.15) is 0 Å². The molecule has 1 saturated heterocycles. The fraction of sp³-hybridized carbons (Fsp3) is 0.545. The molecule has 1 atom stereocenters. The summed E-state index contributed by atoms with van der Waals surface area (Å²) < 4.78 is 6.11. The van der Waals surface area contributed by atoms with Crippen molar-refractivity contribution in [3.05, 3.63) is 16.7 Å². The molecule has 0 saturated carbocycles. The van der Waals surface area contributed by atoms with Gasteiger partial charge in [-0.15, -0.1) is 0 Å². The van der Waals surface area contributed by atoms with Crippen LogP contribution in [0, 0.1) is 0 Å². The molecule has 1 aromatic rings. The molecule has 16 heavy (non-hydrogen) atoms. The molecule has 2 heterocycles. The van der Waals surface area contributed by atoms with Crippen molar-refractivity contribution in [3.63, 3.8) is 0 Å². The summed E-state index contributed by atoms with van der Waals surface area (Å²) in [6.45, 7) is 5.16. The van der Waals surface area contributed by atoms with Crippen molar-refractivity contribution in [3.8, 4) is 5.88 Å². The lowest BCUT2D eigenvalue weighted by molar-refractivity contribution is 0.393. The fourth-order valence-corrected chi connectivity index (χ4v) is 2.25. The molecular formula is C11H16BrN3O. The van der Waals surface area contributed by atoms with E-state index in [9.17, 15) is 0 Å². The highest BCUT2D eigenvalue weighted by Crippen LogP contribution is 2.28. The Kier molecular flexibility index (Phi) is 3.66. The Labute approximate surface area is 104 Å². The zero-order valence-corrected chi connectivity index (χ0v) is 11.1. The van der Waals surface area contributed by atoms with Crippen LogP contribution in [0.5, 0.6) is 5.88 Å². The second-order valence-electron chi connectivity index (χ2n) is 3.96. The van der Waals surface area contributed by atoms with Crippen LogP contribution in [0.25, 0.3) is 0 Å². The molecule has 1 aromatic heterocycles. The predicted molar refractivity (Wildman–Crippen MR) is 68.2 cm³/mol. The lowest BCUT2D eigenvalue weighted by atomic mass is 10.2. The zero-order valence-electron chi connectivity index (χ0n) is 9.53. The Bertz CT molecular complexity index is 372. The average molecular weight is 286 g/mol. The molecule has 0 aliphatic carbocycles. The number of hydrogen-bond donors (Lipinski definition) is 1. The Morgan fingerprint density at radius 2 is 2.38 bits per heavy atom. The minimum atomic E-state index is 0.502. The van der Waals surface area contributed by atoms with E-state index in [1.54, 1.807) is 7.11 Å². The molecule has 4 nitrogen and oxygen atoms in total. The largest absolute Gasteiger partial charge is 0.479 e. The van der Waals surface area contributed by atoms with Gasteiger partial charge >= 0.3 is 0 Å². The van der Waals surface area contributed by atoms with Gasteiger partial charge in [0.2, 0.25) is 5.88 Å². The van der Waals surface area contributed by atoms with E-state index in [0.29, 0.717) is 11.9 Å². The van der Waals surface area contributed by atoms with Crippen LogP contribution in [0.4, 0.5) is 5.69 Å². The highest BCUT2D eigenvalue weighted by Gasteiger charge is 2.19. The van der Waals surface area contributed by atoms with Crippen molar-refractivity contribution in [2.24, 2.45) is 0 Å². The van der Waals surface area contributed by atoms with Crippen LogP contribution < -0.4 is 15.0 Å². The minimum absolute atomic E-state index is 0.502. The first-order chi connectivity index (χ1) is 7.70. The van der Waals surface area contributed by atoms with Crippen molar-refractivity contribution in [2.75, 3.05) is 31.6 Å². The summed E-state index contributed by atoms with van der Waals surface area (Å²) in [6, 6.07) is 4.50. The average Bonchev–Trinajstić information content (AvgIpc) is 2.28. The maximum atomic E-state index is 5.31. The Hall–Kier alpha value is -0.810. The number of rotatable bonds is 2. The summed E-state index contributed by atoms with van der Waals surface area (Å²) in [4.78, 5) is 6.63. The Morgan fingerprint density at radius 3 is 3.06 bits per heavy atom. The number of pyridine rings is 1. The maximum absolute atomic E-state index is 5.31. The van der Waals surface area contributed by atoms with Gasteiger partial charge in [0.15, 0.2) is 0 Å². The van der Waals surface area contributed by atoms with Gasteiger partial charge in [0, 0.05) is 25.7 Å². The molecule has 0 unspecified atom stereocenters. The van der Waals surface area contributed by atoms with Crippen LogP contribution in [-0.4, -0.2) is 37.8 Å². The number of methoxy groups -OCH3 is 1. The van der Waals surface area contributed by atoms with E-state index in [0.717, 1.165) is 29.9 Å². The standard InChI is InChI=1S/C11H16BrN3O/c1-8-7-15(6-5-13-8)9-3-4-10(12)14-11(9)16-2/h3-4,8,13H,5-7H2,1-2H3/t8-/m0/s1. The normalized spacial score (nSPS) is 20.9. The molecule has 1 aliphatic heterocycles. The van der Waals surface area contributed by atoms with Gasteiger partial charge in [-0.1, -0.05) is 0 Å². The number of aromatic nitrogens is 1. The van der Waals surface area contributed by atoms with Gasteiger partial charge in [-0.3, -0.25) is 0 Å². The summed E-state index contributed by atoms with van der Waals surface area (Å²) >= 11 is 3.35. The monoisotopic (exact) mass is 285 g/mol. The number of piperazine rings is 1. The van der Waals surface area contributed by atoms with Crippen molar-refractivity contribution in [2.45, 2.75) is 13.0 Å². The lowest BCUT2D eigenvalue weighted by Crippen LogP contribution is -2.49. The van der Waals surface area contributed by atoms with Crippen molar-refractivity contribution in [1.29, 1.82) is 0 Å². The SMILES string of the molecule is COc1nc(Br)ccc1N1CCN[C@@H](C)C1.